The highest BCUT2D eigenvalue weighted by Gasteiger charge is 2.16. The highest BCUT2D eigenvalue weighted by Crippen LogP contribution is 2.11. The molecule has 1 unspecified atom stereocenters. The van der Waals surface area contributed by atoms with Gasteiger partial charge in [0.2, 0.25) is 0 Å². The minimum Gasteiger partial charge on any atom is -0.449 e. The van der Waals surface area contributed by atoms with Crippen LogP contribution >= 0.6 is 0 Å². The molecular formula is C17H19NO4. The number of rotatable bonds is 6. The van der Waals surface area contributed by atoms with Crippen LogP contribution in [0.15, 0.2) is 48.6 Å². The average molecular weight is 301 g/mol. The lowest BCUT2D eigenvalue weighted by atomic mass is 10.1. The van der Waals surface area contributed by atoms with E-state index in [4.69, 9.17) is 4.74 Å². The van der Waals surface area contributed by atoms with Crippen LogP contribution in [0, 0.1) is 0 Å². The number of carbonyl (C=O) groups is 3. The molecule has 0 aliphatic carbocycles. The number of esters is 1. The van der Waals surface area contributed by atoms with Gasteiger partial charge < -0.3 is 10.1 Å². The molecule has 0 bridgehead atoms. The summed E-state index contributed by atoms with van der Waals surface area (Å²) in [5.41, 5.74) is 1.09. The molecule has 1 atom stereocenters. The van der Waals surface area contributed by atoms with E-state index in [0.717, 1.165) is 0 Å². The predicted molar refractivity (Wildman–Crippen MR) is 84.6 cm³/mol. The zero-order valence-corrected chi connectivity index (χ0v) is 12.8. The van der Waals surface area contributed by atoms with Crippen molar-refractivity contribution in [2.75, 3.05) is 5.32 Å². The molecule has 0 radical (unpaired) electrons. The van der Waals surface area contributed by atoms with Gasteiger partial charge in [0.15, 0.2) is 11.9 Å². The van der Waals surface area contributed by atoms with Crippen molar-refractivity contribution < 1.29 is 19.1 Å². The maximum Gasteiger partial charge on any atom is 0.331 e. The summed E-state index contributed by atoms with van der Waals surface area (Å²) in [6.45, 7) is 4.78. The topological polar surface area (TPSA) is 72.5 Å². The SMILES string of the molecule is C/C=C/C=C/C(=O)OC(C)C(=O)Nc1ccc(C(C)=O)cc1. The van der Waals surface area contributed by atoms with Gasteiger partial charge in [-0.15, -0.1) is 0 Å². The first-order valence-corrected chi connectivity index (χ1v) is 6.86. The van der Waals surface area contributed by atoms with E-state index in [1.165, 1.54) is 26.0 Å². The van der Waals surface area contributed by atoms with Gasteiger partial charge in [-0.2, -0.15) is 0 Å². The molecule has 1 aromatic rings. The predicted octanol–water partition coefficient (Wildman–Crippen LogP) is 2.89. The molecule has 1 amide bonds. The summed E-state index contributed by atoms with van der Waals surface area (Å²) >= 11 is 0. The van der Waals surface area contributed by atoms with E-state index in [1.807, 2.05) is 6.92 Å². The minimum absolute atomic E-state index is 0.0481. The number of ether oxygens (including phenoxy) is 1. The molecule has 0 spiro atoms. The fourth-order valence-electron chi connectivity index (χ4n) is 1.54. The minimum atomic E-state index is -0.921. The van der Waals surface area contributed by atoms with Crippen LogP contribution in [-0.2, 0) is 14.3 Å². The van der Waals surface area contributed by atoms with E-state index in [2.05, 4.69) is 5.32 Å². The summed E-state index contributed by atoms with van der Waals surface area (Å²) < 4.78 is 4.97. The van der Waals surface area contributed by atoms with Crippen LogP contribution < -0.4 is 5.32 Å². The van der Waals surface area contributed by atoms with E-state index < -0.39 is 18.0 Å². The second-order valence-corrected chi connectivity index (χ2v) is 4.59. The first-order chi connectivity index (χ1) is 10.4. The van der Waals surface area contributed by atoms with Crippen LogP contribution in [0.3, 0.4) is 0 Å². The Kier molecular flexibility index (Phi) is 6.76. The van der Waals surface area contributed by atoms with Crippen molar-refractivity contribution in [2.45, 2.75) is 26.9 Å². The van der Waals surface area contributed by atoms with Crippen LogP contribution in [0.25, 0.3) is 0 Å². The lowest BCUT2D eigenvalue weighted by Gasteiger charge is -2.12. The van der Waals surface area contributed by atoms with Gasteiger partial charge in [0.1, 0.15) is 0 Å². The molecule has 5 heteroatoms. The van der Waals surface area contributed by atoms with E-state index in [1.54, 1.807) is 36.4 Å². The summed E-state index contributed by atoms with van der Waals surface area (Å²) in [5, 5.41) is 2.61. The first-order valence-electron chi connectivity index (χ1n) is 6.86. The molecule has 22 heavy (non-hydrogen) atoms. The smallest absolute Gasteiger partial charge is 0.331 e. The Hall–Kier alpha value is -2.69. The quantitative estimate of drug-likeness (QED) is 0.379. The van der Waals surface area contributed by atoms with Crippen LogP contribution in [0.4, 0.5) is 5.69 Å². The molecule has 0 heterocycles. The molecule has 0 fully saturated rings. The molecule has 1 N–H and O–H groups in total. The molecule has 0 saturated carbocycles. The number of amides is 1. The third-order valence-electron chi connectivity index (χ3n) is 2.76. The number of hydrogen-bond donors (Lipinski definition) is 1. The van der Waals surface area contributed by atoms with Crippen LogP contribution in [0.2, 0.25) is 0 Å². The fraction of sp³-hybridized carbons (Fsp3) is 0.235. The number of nitrogens with one attached hydrogen (secondary N) is 1. The summed E-state index contributed by atoms with van der Waals surface area (Å²) in [5.74, 6) is -1.08. The molecule has 1 aromatic carbocycles. The molecule has 0 saturated heterocycles. The Labute approximate surface area is 129 Å². The Bertz CT molecular complexity index is 600. The second-order valence-electron chi connectivity index (χ2n) is 4.59. The normalized spacial score (nSPS) is 12.3. The fourth-order valence-corrected chi connectivity index (χ4v) is 1.54. The lowest BCUT2D eigenvalue weighted by molar-refractivity contribution is -0.148. The number of Topliss-reactive ketones (excluding diaryl/α,β-unsaturated/α-hetero) is 1. The number of ketones is 1. The van der Waals surface area contributed by atoms with Gasteiger partial charge in [-0.05, 0) is 45.0 Å². The lowest BCUT2D eigenvalue weighted by Crippen LogP contribution is -2.29. The molecular weight excluding hydrogens is 282 g/mol. The molecule has 0 aliphatic rings. The van der Waals surface area contributed by atoms with Gasteiger partial charge in [-0.3, -0.25) is 9.59 Å². The van der Waals surface area contributed by atoms with E-state index >= 15 is 0 Å². The van der Waals surface area contributed by atoms with Crippen molar-refractivity contribution in [2.24, 2.45) is 0 Å². The summed E-state index contributed by atoms with van der Waals surface area (Å²) in [6.07, 6.45) is 5.31. The Morgan fingerprint density at radius 3 is 2.32 bits per heavy atom. The van der Waals surface area contributed by atoms with Crippen LogP contribution in [0.1, 0.15) is 31.1 Å². The Morgan fingerprint density at radius 2 is 1.77 bits per heavy atom. The zero-order chi connectivity index (χ0) is 16.5. The summed E-state index contributed by atoms with van der Waals surface area (Å²) in [6, 6.07) is 6.48. The van der Waals surface area contributed by atoms with Gasteiger partial charge in [0, 0.05) is 17.3 Å². The van der Waals surface area contributed by atoms with E-state index in [9.17, 15) is 14.4 Å². The molecule has 0 aliphatic heterocycles. The van der Waals surface area contributed by atoms with Crippen molar-refractivity contribution in [3.63, 3.8) is 0 Å². The average Bonchev–Trinajstić information content (AvgIpc) is 2.47. The van der Waals surface area contributed by atoms with Crippen molar-refractivity contribution in [3.05, 3.63) is 54.1 Å². The van der Waals surface area contributed by atoms with Crippen LogP contribution in [-0.4, -0.2) is 23.8 Å². The maximum atomic E-state index is 11.9. The highest BCUT2D eigenvalue weighted by molar-refractivity contribution is 5.97. The number of anilines is 1. The molecule has 0 aromatic heterocycles. The third kappa shape index (κ3) is 5.75. The largest absolute Gasteiger partial charge is 0.449 e. The molecule has 116 valence electrons. The Balaban J connectivity index is 2.56. The standard InChI is InChI=1S/C17H19NO4/c1-4-5-6-7-16(20)22-13(3)17(21)18-15-10-8-14(9-11-15)12(2)19/h4-11,13H,1-3H3,(H,18,21)/b5-4+,7-6+. The van der Waals surface area contributed by atoms with Gasteiger partial charge in [0.05, 0.1) is 0 Å². The molecule has 5 nitrogen and oxygen atoms in total. The van der Waals surface area contributed by atoms with Gasteiger partial charge in [-0.1, -0.05) is 18.2 Å². The monoisotopic (exact) mass is 301 g/mol. The van der Waals surface area contributed by atoms with Crippen molar-refractivity contribution >= 4 is 23.3 Å². The van der Waals surface area contributed by atoms with Crippen LogP contribution in [0.5, 0.6) is 0 Å². The summed E-state index contributed by atoms with van der Waals surface area (Å²) in [4.78, 5) is 34.5. The third-order valence-corrected chi connectivity index (χ3v) is 2.76. The maximum absolute atomic E-state index is 11.9. The highest BCUT2D eigenvalue weighted by atomic mass is 16.5. The van der Waals surface area contributed by atoms with Gasteiger partial charge in [0.25, 0.3) is 5.91 Å². The number of carbonyl (C=O) groups excluding carboxylic acids is 3. The van der Waals surface area contributed by atoms with Crippen molar-refractivity contribution in [1.82, 2.24) is 0 Å². The number of hydrogen-bond acceptors (Lipinski definition) is 4. The zero-order valence-electron chi connectivity index (χ0n) is 12.8. The van der Waals surface area contributed by atoms with Gasteiger partial charge >= 0.3 is 5.97 Å². The van der Waals surface area contributed by atoms with E-state index in [0.29, 0.717) is 11.3 Å². The van der Waals surface area contributed by atoms with Crippen molar-refractivity contribution in [3.8, 4) is 0 Å². The molecule has 1 rings (SSSR count). The first kappa shape index (κ1) is 17.4. The second kappa shape index (κ2) is 8.56. The van der Waals surface area contributed by atoms with Crippen molar-refractivity contribution in [1.29, 1.82) is 0 Å². The van der Waals surface area contributed by atoms with E-state index in [-0.39, 0.29) is 5.78 Å². The summed E-state index contributed by atoms with van der Waals surface area (Å²) in [7, 11) is 0. The Morgan fingerprint density at radius 1 is 1.14 bits per heavy atom. The number of benzene rings is 1. The van der Waals surface area contributed by atoms with Gasteiger partial charge in [-0.25, -0.2) is 4.79 Å². The number of allylic oxidation sites excluding steroid dienone is 3.